The lowest BCUT2D eigenvalue weighted by molar-refractivity contribution is -0.384. The van der Waals surface area contributed by atoms with Crippen molar-refractivity contribution in [3.63, 3.8) is 0 Å². The first-order valence-electron chi connectivity index (χ1n) is 5.22. The average Bonchev–Trinajstić information content (AvgIpc) is 2.28. The predicted molar refractivity (Wildman–Crippen MR) is 68.0 cm³/mol. The topological polar surface area (TPSA) is 75.5 Å². The third-order valence-electron chi connectivity index (χ3n) is 2.28. The Morgan fingerprint density at radius 2 is 1.83 bits per heavy atom. The second-order valence-electron chi connectivity index (χ2n) is 4.70. The van der Waals surface area contributed by atoms with Gasteiger partial charge < -0.3 is 0 Å². The number of nitrogens with zero attached hydrogens (tertiary/aromatic N) is 2. The Morgan fingerprint density at radius 1 is 1.33 bits per heavy atom. The first kappa shape index (κ1) is 14.4. The number of carbonyl (C=O) groups is 1. The number of nitrogens with one attached hydrogen (secondary N) is 1. The first-order valence-corrected chi connectivity index (χ1v) is 5.60. The number of amides is 1. The highest BCUT2D eigenvalue weighted by atomic mass is 35.5. The van der Waals surface area contributed by atoms with Gasteiger partial charge in [-0.3, -0.25) is 19.9 Å². The zero-order valence-electron chi connectivity index (χ0n) is 10.3. The summed E-state index contributed by atoms with van der Waals surface area (Å²) in [5.41, 5.74) is -0.253. The smallest absolute Gasteiger partial charge is 0.268 e. The fraction of sp³-hybridized carbons (Fsp3) is 0.364. The summed E-state index contributed by atoms with van der Waals surface area (Å²) in [4.78, 5) is 24.4. The van der Waals surface area contributed by atoms with E-state index in [-0.39, 0.29) is 11.6 Å². The second-order valence-corrected chi connectivity index (χ2v) is 4.87. The summed E-state index contributed by atoms with van der Waals surface area (Å²) in [7, 11) is 0. The molecule has 1 N–H and O–H groups in total. The minimum absolute atomic E-state index is 0.0623. The third-order valence-corrected chi connectivity index (χ3v) is 2.45. The van der Waals surface area contributed by atoms with Gasteiger partial charge in [0.1, 0.15) is 0 Å². The number of nitro benzene ring substituents is 1. The molecule has 0 aliphatic heterocycles. The van der Waals surface area contributed by atoms with Crippen molar-refractivity contribution in [2.75, 3.05) is 0 Å². The number of rotatable bonds is 3. The van der Waals surface area contributed by atoms with Crippen LogP contribution in [-0.4, -0.2) is 21.4 Å². The van der Waals surface area contributed by atoms with Crippen molar-refractivity contribution in [2.24, 2.45) is 0 Å². The maximum atomic E-state index is 12.1. The molecule has 0 unspecified atom stereocenters. The quantitative estimate of drug-likeness (QED) is 0.521. The molecule has 0 fully saturated rings. The minimum Gasteiger partial charge on any atom is -0.268 e. The lowest BCUT2D eigenvalue weighted by Gasteiger charge is -2.33. The molecule has 6 nitrogen and oxygen atoms in total. The van der Waals surface area contributed by atoms with Crippen LogP contribution in [0.3, 0.4) is 0 Å². The fourth-order valence-electron chi connectivity index (χ4n) is 1.32. The SMILES string of the molecule is CC(C)(C)N(NCl)C(=O)c1ccc([N+](=O)[O-])cc1. The maximum absolute atomic E-state index is 12.1. The summed E-state index contributed by atoms with van der Waals surface area (Å²) < 4.78 is 0. The molecule has 0 spiro atoms. The van der Waals surface area contributed by atoms with Crippen molar-refractivity contribution < 1.29 is 9.72 Å². The number of carbonyl (C=O) groups excluding carboxylic acids is 1. The number of benzene rings is 1. The molecule has 0 saturated heterocycles. The number of hydrogen-bond donors (Lipinski definition) is 1. The molecule has 1 aromatic carbocycles. The summed E-state index contributed by atoms with van der Waals surface area (Å²) in [6.45, 7) is 5.43. The van der Waals surface area contributed by atoms with Gasteiger partial charge in [-0.05, 0) is 44.7 Å². The lowest BCUT2D eigenvalue weighted by atomic mass is 10.1. The molecular formula is C11H14ClN3O3. The van der Waals surface area contributed by atoms with Gasteiger partial charge in [-0.15, -0.1) is 4.94 Å². The van der Waals surface area contributed by atoms with E-state index in [9.17, 15) is 14.9 Å². The summed E-state index contributed by atoms with van der Waals surface area (Å²) in [5.74, 6) is -0.354. The molecule has 0 heterocycles. The van der Waals surface area contributed by atoms with E-state index in [4.69, 9.17) is 11.8 Å². The molecule has 1 aromatic rings. The standard InChI is InChI=1S/C11H14ClN3O3/c1-11(2,3)14(13-12)10(16)8-4-6-9(7-5-8)15(17)18/h4-7,13H,1-3H3. The predicted octanol–water partition coefficient (Wildman–Crippen LogP) is 2.49. The van der Waals surface area contributed by atoms with Gasteiger partial charge in [-0.2, -0.15) is 0 Å². The van der Waals surface area contributed by atoms with Crippen molar-refractivity contribution in [3.8, 4) is 0 Å². The van der Waals surface area contributed by atoms with E-state index in [2.05, 4.69) is 4.94 Å². The van der Waals surface area contributed by atoms with Gasteiger partial charge in [0.05, 0.1) is 10.5 Å². The van der Waals surface area contributed by atoms with Crippen molar-refractivity contribution in [1.82, 2.24) is 9.95 Å². The minimum atomic E-state index is -0.518. The van der Waals surface area contributed by atoms with E-state index in [0.717, 1.165) is 0 Å². The van der Waals surface area contributed by atoms with Crippen molar-refractivity contribution in [2.45, 2.75) is 26.3 Å². The van der Waals surface area contributed by atoms with Gasteiger partial charge >= 0.3 is 0 Å². The normalized spacial score (nSPS) is 11.1. The van der Waals surface area contributed by atoms with Crippen LogP contribution in [0.5, 0.6) is 0 Å². The van der Waals surface area contributed by atoms with Crippen molar-refractivity contribution in [3.05, 3.63) is 39.9 Å². The Bertz CT molecular complexity index is 454. The van der Waals surface area contributed by atoms with Crippen LogP contribution in [-0.2, 0) is 0 Å². The number of halogens is 1. The van der Waals surface area contributed by atoms with E-state index >= 15 is 0 Å². The Kier molecular flexibility index (Phi) is 4.26. The van der Waals surface area contributed by atoms with Gasteiger partial charge in [0.2, 0.25) is 0 Å². The Hall–Kier alpha value is -1.66. The van der Waals surface area contributed by atoms with Crippen LogP contribution in [0, 0.1) is 10.1 Å². The molecule has 98 valence electrons. The molecule has 0 aromatic heterocycles. The van der Waals surface area contributed by atoms with E-state index in [1.54, 1.807) is 0 Å². The molecule has 0 saturated carbocycles. The summed E-state index contributed by atoms with van der Waals surface area (Å²) in [5, 5.41) is 11.8. The lowest BCUT2D eigenvalue weighted by Crippen LogP contribution is -2.50. The van der Waals surface area contributed by atoms with E-state index in [1.165, 1.54) is 29.3 Å². The third kappa shape index (κ3) is 3.18. The molecule has 0 radical (unpaired) electrons. The molecule has 0 aliphatic carbocycles. The van der Waals surface area contributed by atoms with Crippen LogP contribution in [0.25, 0.3) is 0 Å². The molecule has 0 atom stereocenters. The van der Waals surface area contributed by atoms with Crippen LogP contribution in [0.15, 0.2) is 24.3 Å². The maximum Gasteiger partial charge on any atom is 0.269 e. The first-order chi connectivity index (χ1) is 8.27. The van der Waals surface area contributed by atoms with Gasteiger partial charge in [-0.1, -0.05) is 0 Å². The number of hydrogen-bond acceptors (Lipinski definition) is 4. The zero-order valence-corrected chi connectivity index (χ0v) is 11.1. The largest absolute Gasteiger partial charge is 0.269 e. The molecule has 0 aliphatic rings. The Balaban J connectivity index is 3.00. The van der Waals surface area contributed by atoms with Crippen LogP contribution in [0.2, 0.25) is 0 Å². The number of non-ortho nitro benzene ring substituents is 1. The highest BCUT2D eigenvalue weighted by Gasteiger charge is 2.27. The van der Waals surface area contributed by atoms with Gasteiger partial charge in [0.25, 0.3) is 11.6 Å². The van der Waals surface area contributed by atoms with Crippen molar-refractivity contribution >= 4 is 23.4 Å². The van der Waals surface area contributed by atoms with Crippen LogP contribution >= 0.6 is 11.8 Å². The number of nitro groups is 1. The van der Waals surface area contributed by atoms with E-state index < -0.39 is 10.5 Å². The van der Waals surface area contributed by atoms with Gasteiger partial charge in [0, 0.05) is 17.7 Å². The van der Waals surface area contributed by atoms with Gasteiger partial charge in [-0.25, -0.2) is 0 Å². The monoisotopic (exact) mass is 271 g/mol. The number of hydrazine groups is 1. The Labute approximate surface area is 110 Å². The summed E-state index contributed by atoms with van der Waals surface area (Å²) in [6.07, 6.45) is 0. The molecule has 0 bridgehead atoms. The summed E-state index contributed by atoms with van der Waals surface area (Å²) in [6, 6.07) is 5.35. The van der Waals surface area contributed by atoms with Crippen LogP contribution in [0.1, 0.15) is 31.1 Å². The zero-order chi connectivity index (χ0) is 13.9. The highest BCUT2D eigenvalue weighted by Crippen LogP contribution is 2.18. The van der Waals surface area contributed by atoms with Crippen LogP contribution in [0.4, 0.5) is 5.69 Å². The highest BCUT2D eigenvalue weighted by molar-refractivity contribution is 6.14. The molecule has 18 heavy (non-hydrogen) atoms. The molecule has 1 rings (SSSR count). The molecule has 1 amide bonds. The van der Waals surface area contributed by atoms with Crippen molar-refractivity contribution in [1.29, 1.82) is 0 Å². The average molecular weight is 272 g/mol. The van der Waals surface area contributed by atoms with Crippen LogP contribution < -0.4 is 4.94 Å². The molecule has 7 heteroatoms. The fourth-order valence-corrected chi connectivity index (χ4v) is 1.65. The molecular weight excluding hydrogens is 258 g/mol. The summed E-state index contributed by atoms with van der Waals surface area (Å²) >= 11 is 5.53. The Morgan fingerprint density at radius 3 is 2.17 bits per heavy atom. The van der Waals surface area contributed by atoms with E-state index in [0.29, 0.717) is 5.56 Å². The van der Waals surface area contributed by atoms with E-state index in [1.807, 2.05) is 20.8 Å². The second kappa shape index (κ2) is 5.32. The van der Waals surface area contributed by atoms with Gasteiger partial charge in [0.15, 0.2) is 0 Å².